The quantitative estimate of drug-likeness (QED) is 0.482. The van der Waals surface area contributed by atoms with E-state index in [1.165, 1.54) is 5.56 Å². The first-order valence-corrected chi connectivity index (χ1v) is 8.34. The van der Waals surface area contributed by atoms with E-state index in [0.717, 1.165) is 33.5 Å². The van der Waals surface area contributed by atoms with Gasteiger partial charge in [0.1, 0.15) is 17.9 Å². The first kappa shape index (κ1) is 15.5. The van der Waals surface area contributed by atoms with Gasteiger partial charge in [0.15, 0.2) is 5.58 Å². The molecule has 3 heteroatoms. The van der Waals surface area contributed by atoms with Crippen LogP contribution < -0.4 is 4.74 Å². The summed E-state index contributed by atoms with van der Waals surface area (Å²) in [4.78, 5) is 4.62. The molecule has 3 nitrogen and oxygen atoms in total. The molecule has 4 aromatic rings. The monoisotopic (exact) mass is 329 g/mol. The third-order valence-electron chi connectivity index (χ3n) is 4.17. The molecule has 0 unspecified atom stereocenters. The van der Waals surface area contributed by atoms with Crippen LogP contribution in [0.5, 0.6) is 5.75 Å². The van der Waals surface area contributed by atoms with Gasteiger partial charge in [-0.3, -0.25) is 0 Å². The number of aryl methyl sites for hydroxylation is 2. The van der Waals surface area contributed by atoms with Crippen LogP contribution in [0.3, 0.4) is 0 Å². The van der Waals surface area contributed by atoms with Gasteiger partial charge in [-0.05, 0) is 60.9 Å². The summed E-state index contributed by atoms with van der Waals surface area (Å²) in [5.74, 6) is 1.47. The standard InChI is InChI=1S/C22H19NO2/c1-15-12-16(2)21-20(13-15)23-22(25-21)18-8-10-19(11-9-18)24-14-17-6-4-3-5-7-17/h3-13H,14H2,1-2H3. The van der Waals surface area contributed by atoms with Crippen LogP contribution in [0.2, 0.25) is 0 Å². The molecule has 1 heterocycles. The van der Waals surface area contributed by atoms with Crippen molar-refractivity contribution in [1.29, 1.82) is 0 Å². The Bertz CT molecular complexity index is 1000. The molecule has 0 aliphatic carbocycles. The van der Waals surface area contributed by atoms with E-state index >= 15 is 0 Å². The summed E-state index contributed by atoms with van der Waals surface area (Å²) < 4.78 is 11.8. The molecule has 0 N–H and O–H groups in total. The Kier molecular flexibility index (Phi) is 3.98. The normalized spacial score (nSPS) is 11.0. The molecule has 0 aliphatic rings. The molecule has 0 saturated carbocycles. The highest BCUT2D eigenvalue weighted by Gasteiger charge is 2.11. The van der Waals surface area contributed by atoms with Crippen molar-refractivity contribution in [2.45, 2.75) is 20.5 Å². The number of hydrogen-bond donors (Lipinski definition) is 0. The maximum Gasteiger partial charge on any atom is 0.227 e. The fourth-order valence-corrected chi connectivity index (χ4v) is 2.93. The Morgan fingerprint density at radius 3 is 2.44 bits per heavy atom. The van der Waals surface area contributed by atoms with Gasteiger partial charge < -0.3 is 9.15 Å². The molecule has 0 aliphatic heterocycles. The second-order valence-electron chi connectivity index (χ2n) is 6.25. The van der Waals surface area contributed by atoms with E-state index in [2.05, 4.69) is 30.1 Å². The molecule has 0 saturated heterocycles. The van der Waals surface area contributed by atoms with E-state index in [9.17, 15) is 0 Å². The lowest BCUT2D eigenvalue weighted by atomic mass is 10.1. The average molecular weight is 329 g/mol. The van der Waals surface area contributed by atoms with Crippen LogP contribution in [0.15, 0.2) is 71.1 Å². The average Bonchev–Trinajstić information content (AvgIpc) is 3.06. The number of benzene rings is 3. The Balaban J connectivity index is 1.55. The number of aromatic nitrogens is 1. The molecular formula is C22H19NO2. The maximum atomic E-state index is 5.96. The van der Waals surface area contributed by atoms with E-state index in [1.807, 2.05) is 55.5 Å². The van der Waals surface area contributed by atoms with Gasteiger partial charge in [-0.2, -0.15) is 0 Å². The molecular weight excluding hydrogens is 310 g/mol. The number of oxazole rings is 1. The van der Waals surface area contributed by atoms with Crippen molar-refractivity contribution < 1.29 is 9.15 Å². The first-order chi connectivity index (χ1) is 12.2. The summed E-state index contributed by atoms with van der Waals surface area (Å²) in [5.41, 5.74) is 6.14. The van der Waals surface area contributed by atoms with Crippen molar-refractivity contribution in [1.82, 2.24) is 4.98 Å². The van der Waals surface area contributed by atoms with Crippen LogP contribution in [-0.4, -0.2) is 4.98 Å². The van der Waals surface area contributed by atoms with E-state index < -0.39 is 0 Å². The summed E-state index contributed by atoms with van der Waals surface area (Å²) in [6.45, 7) is 4.67. The van der Waals surface area contributed by atoms with Crippen molar-refractivity contribution in [2.75, 3.05) is 0 Å². The van der Waals surface area contributed by atoms with Crippen molar-refractivity contribution in [3.63, 3.8) is 0 Å². The highest BCUT2D eigenvalue weighted by molar-refractivity contribution is 5.80. The molecule has 124 valence electrons. The Hall–Kier alpha value is -3.07. The van der Waals surface area contributed by atoms with Crippen LogP contribution in [0.4, 0.5) is 0 Å². The minimum Gasteiger partial charge on any atom is -0.489 e. The molecule has 0 spiro atoms. The molecule has 0 fully saturated rings. The molecule has 4 rings (SSSR count). The lowest BCUT2D eigenvalue weighted by Crippen LogP contribution is -1.94. The van der Waals surface area contributed by atoms with E-state index in [-0.39, 0.29) is 0 Å². The van der Waals surface area contributed by atoms with Gasteiger partial charge in [-0.1, -0.05) is 36.4 Å². The highest BCUT2D eigenvalue weighted by Crippen LogP contribution is 2.28. The van der Waals surface area contributed by atoms with E-state index in [0.29, 0.717) is 12.5 Å². The Morgan fingerprint density at radius 2 is 1.68 bits per heavy atom. The Labute approximate surface area is 146 Å². The number of rotatable bonds is 4. The number of fused-ring (bicyclic) bond motifs is 1. The van der Waals surface area contributed by atoms with Crippen molar-refractivity contribution >= 4 is 11.1 Å². The van der Waals surface area contributed by atoms with E-state index in [4.69, 9.17) is 9.15 Å². The summed E-state index contributed by atoms with van der Waals surface area (Å²) in [6, 6.07) is 22.1. The zero-order chi connectivity index (χ0) is 17.2. The summed E-state index contributed by atoms with van der Waals surface area (Å²) in [7, 11) is 0. The minimum atomic E-state index is 0.557. The predicted molar refractivity (Wildman–Crippen MR) is 99.7 cm³/mol. The van der Waals surface area contributed by atoms with Crippen molar-refractivity contribution in [2.24, 2.45) is 0 Å². The maximum absolute atomic E-state index is 5.96. The minimum absolute atomic E-state index is 0.557. The third kappa shape index (κ3) is 3.26. The molecule has 0 atom stereocenters. The molecule has 0 bridgehead atoms. The molecule has 0 radical (unpaired) electrons. The first-order valence-electron chi connectivity index (χ1n) is 8.34. The fourth-order valence-electron chi connectivity index (χ4n) is 2.93. The lowest BCUT2D eigenvalue weighted by Gasteiger charge is -2.06. The zero-order valence-corrected chi connectivity index (χ0v) is 14.3. The van der Waals surface area contributed by atoms with Gasteiger partial charge in [-0.25, -0.2) is 4.98 Å². The van der Waals surface area contributed by atoms with Gasteiger partial charge >= 0.3 is 0 Å². The summed E-state index contributed by atoms with van der Waals surface area (Å²) in [6.07, 6.45) is 0. The third-order valence-corrected chi connectivity index (χ3v) is 4.17. The van der Waals surface area contributed by atoms with Crippen molar-refractivity contribution in [3.8, 4) is 17.2 Å². The fraction of sp³-hybridized carbons (Fsp3) is 0.136. The topological polar surface area (TPSA) is 35.3 Å². The zero-order valence-electron chi connectivity index (χ0n) is 14.3. The Morgan fingerprint density at radius 1 is 0.920 bits per heavy atom. The highest BCUT2D eigenvalue weighted by atomic mass is 16.5. The molecule has 1 aromatic heterocycles. The van der Waals surface area contributed by atoms with Gasteiger partial charge in [0.25, 0.3) is 0 Å². The predicted octanol–water partition coefficient (Wildman–Crippen LogP) is 5.69. The van der Waals surface area contributed by atoms with Crippen LogP contribution in [0.25, 0.3) is 22.6 Å². The van der Waals surface area contributed by atoms with E-state index in [1.54, 1.807) is 0 Å². The second kappa shape index (κ2) is 6.44. The van der Waals surface area contributed by atoms with Crippen LogP contribution >= 0.6 is 0 Å². The number of nitrogens with zero attached hydrogens (tertiary/aromatic N) is 1. The molecule has 3 aromatic carbocycles. The smallest absolute Gasteiger partial charge is 0.227 e. The number of hydrogen-bond acceptors (Lipinski definition) is 3. The van der Waals surface area contributed by atoms with Crippen LogP contribution in [0.1, 0.15) is 16.7 Å². The summed E-state index contributed by atoms with van der Waals surface area (Å²) in [5, 5.41) is 0. The van der Waals surface area contributed by atoms with Gasteiger partial charge in [0.2, 0.25) is 5.89 Å². The summed E-state index contributed by atoms with van der Waals surface area (Å²) >= 11 is 0. The van der Waals surface area contributed by atoms with Crippen LogP contribution in [0, 0.1) is 13.8 Å². The van der Waals surface area contributed by atoms with Gasteiger partial charge in [-0.15, -0.1) is 0 Å². The van der Waals surface area contributed by atoms with Gasteiger partial charge in [0.05, 0.1) is 0 Å². The second-order valence-corrected chi connectivity index (χ2v) is 6.25. The number of ether oxygens (including phenoxy) is 1. The molecule has 0 amide bonds. The van der Waals surface area contributed by atoms with Crippen molar-refractivity contribution in [3.05, 3.63) is 83.4 Å². The largest absolute Gasteiger partial charge is 0.489 e. The lowest BCUT2D eigenvalue weighted by molar-refractivity contribution is 0.306. The SMILES string of the molecule is Cc1cc(C)c2oc(-c3ccc(OCc4ccccc4)cc3)nc2c1. The van der Waals surface area contributed by atoms with Crippen LogP contribution in [-0.2, 0) is 6.61 Å². The van der Waals surface area contributed by atoms with Gasteiger partial charge in [0, 0.05) is 5.56 Å². The molecule has 25 heavy (non-hydrogen) atoms.